The molecule has 0 spiro atoms. The van der Waals surface area contributed by atoms with Crippen molar-refractivity contribution in [2.24, 2.45) is 0 Å². The third-order valence-corrected chi connectivity index (χ3v) is 2.76. The van der Waals surface area contributed by atoms with Crippen LogP contribution in [0.4, 0.5) is 10.2 Å². The van der Waals surface area contributed by atoms with Crippen LogP contribution < -0.4 is 5.73 Å². The number of hydrogen-bond acceptors (Lipinski definition) is 2. The molecule has 0 fully saturated rings. The number of nitrogen functional groups attached to an aromatic ring is 1. The molecule has 0 bridgehead atoms. The lowest BCUT2D eigenvalue weighted by Gasteiger charge is -1.98. The van der Waals surface area contributed by atoms with Crippen molar-refractivity contribution in [1.82, 2.24) is 9.97 Å². The number of halogens is 1. The van der Waals surface area contributed by atoms with E-state index in [4.69, 9.17) is 5.73 Å². The zero-order chi connectivity index (χ0) is 11.3. The van der Waals surface area contributed by atoms with Gasteiger partial charge < -0.3 is 10.7 Å². The Bertz CT molecular complexity index is 700. The number of aromatic nitrogens is 2. The minimum absolute atomic E-state index is 0.242. The third-order valence-electron chi connectivity index (χ3n) is 2.76. The molecule has 3 aromatic rings. The Morgan fingerprint density at radius 2 is 2.19 bits per heavy atom. The van der Waals surface area contributed by atoms with Crippen molar-refractivity contribution in [3.63, 3.8) is 0 Å². The zero-order valence-corrected chi connectivity index (χ0v) is 8.71. The molecule has 0 atom stereocenters. The van der Waals surface area contributed by atoms with Crippen LogP contribution in [0, 0.1) is 12.7 Å². The summed E-state index contributed by atoms with van der Waals surface area (Å²) in [5.41, 5.74) is 8.07. The molecule has 0 aliphatic carbocycles. The number of aryl methyl sites for hydroxylation is 1. The first-order valence-electron chi connectivity index (χ1n) is 5.00. The molecule has 0 aliphatic heterocycles. The molecule has 0 saturated carbocycles. The van der Waals surface area contributed by atoms with Gasteiger partial charge in [0.05, 0.1) is 11.2 Å². The molecule has 0 radical (unpaired) electrons. The lowest BCUT2D eigenvalue weighted by atomic mass is 10.1. The summed E-state index contributed by atoms with van der Waals surface area (Å²) in [6.45, 7) is 1.85. The van der Waals surface area contributed by atoms with Gasteiger partial charge in [0.1, 0.15) is 11.6 Å². The van der Waals surface area contributed by atoms with Crippen LogP contribution >= 0.6 is 0 Å². The Balaban J connectivity index is 2.63. The summed E-state index contributed by atoms with van der Waals surface area (Å²) in [5, 5.41) is 1.37. The minimum atomic E-state index is -0.242. The second-order valence-corrected chi connectivity index (χ2v) is 3.84. The predicted octanol–water partition coefficient (Wildman–Crippen LogP) is 2.75. The molecule has 0 saturated heterocycles. The maximum absolute atomic E-state index is 13.7. The number of pyridine rings is 1. The largest absolute Gasteiger partial charge is 0.384 e. The zero-order valence-electron chi connectivity index (χ0n) is 8.71. The van der Waals surface area contributed by atoms with Gasteiger partial charge in [-0.05, 0) is 25.1 Å². The van der Waals surface area contributed by atoms with Gasteiger partial charge in [-0.3, -0.25) is 0 Å². The highest BCUT2D eigenvalue weighted by atomic mass is 19.1. The Morgan fingerprint density at radius 3 is 3.00 bits per heavy atom. The van der Waals surface area contributed by atoms with Crippen molar-refractivity contribution >= 4 is 27.6 Å². The van der Waals surface area contributed by atoms with E-state index in [1.54, 1.807) is 12.1 Å². The summed E-state index contributed by atoms with van der Waals surface area (Å²) in [7, 11) is 0. The van der Waals surface area contributed by atoms with E-state index in [0.717, 1.165) is 22.1 Å². The Kier molecular flexibility index (Phi) is 1.68. The first kappa shape index (κ1) is 9.15. The highest BCUT2D eigenvalue weighted by molar-refractivity contribution is 6.08. The average Bonchev–Trinajstić information content (AvgIpc) is 2.58. The van der Waals surface area contributed by atoms with Crippen molar-refractivity contribution in [3.8, 4) is 0 Å². The Hall–Kier alpha value is -2.10. The fourth-order valence-corrected chi connectivity index (χ4v) is 2.09. The molecule has 4 heteroatoms. The van der Waals surface area contributed by atoms with Crippen LogP contribution in [-0.2, 0) is 0 Å². The average molecular weight is 215 g/mol. The van der Waals surface area contributed by atoms with Gasteiger partial charge in [0.15, 0.2) is 0 Å². The standard InChI is InChI=1S/C12H10FN3/c1-6-12-7(5-10(14)15-6)11-8(13)3-2-4-9(11)16-12/h2-5,16H,1H3,(H2,14,15). The molecule has 2 aromatic heterocycles. The topological polar surface area (TPSA) is 54.7 Å². The first-order chi connectivity index (χ1) is 7.66. The molecule has 3 nitrogen and oxygen atoms in total. The van der Waals surface area contributed by atoms with Crippen molar-refractivity contribution in [3.05, 3.63) is 35.8 Å². The fourth-order valence-electron chi connectivity index (χ4n) is 2.09. The molecule has 16 heavy (non-hydrogen) atoms. The second-order valence-electron chi connectivity index (χ2n) is 3.84. The first-order valence-corrected chi connectivity index (χ1v) is 5.00. The number of nitrogens with two attached hydrogens (primary N) is 1. The van der Waals surface area contributed by atoms with E-state index < -0.39 is 0 Å². The van der Waals surface area contributed by atoms with Gasteiger partial charge in [-0.25, -0.2) is 9.37 Å². The van der Waals surface area contributed by atoms with Crippen LogP contribution in [0.15, 0.2) is 24.3 Å². The number of aromatic amines is 1. The molecule has 0 unspecified atom stereocenters. The Labute approximate surface area is 91.1 Å². The van der Waals surface area contributed by atoms with E-state index in [-0.39, 0.29) is 5.82 Å². The van der Waals surface area contributed by atoms with Crippen LogP contribution in [0.1, 0.15) is 5.69 Å². The number of hydrogen-bond donors (Lipinski definition) is 2. The van der Waals surface area contributed by atoms with Gasteiger partial charge in [-0.1, -0.05) is 6.07 Å². The van der Waals surface area contributed by atoms with E-state index in [9.17, 15) is 4.39 Å². The highest BCUT2D eigenvalue weighted by Gasteiger charge is 2.11. The maximum Gasteiger partial charge on any atom is 0.133 e. The van der Waals surface area contributed by atoms with Crippen LogP contribution in [0.2, 0.25) is 0 Å². The number of H-pyrrole nitrogens is 1. The smallest absolute Gasteiger partial charge is 0.133 e. The van der Waals surface area contributed by atoms with Gasteiger partial charge in [0.2, 0.25) is 0 Å². The van der Waals surface area contributed by atoms with E-state index in [2.05, 4.69) is 9.97 Å². The van der Waals surface area contributed by atoms with Crippen molar-refractivity contribution in [2.75, 3.05) is 5.73 Å². The van der Waals surface area contributed by atoms with Crippen molar-refractivity contribution in [1.29, 1.82) is 0 Å². The van der Waals surface area contributed by atoms with Crippen LogP contribution in [-0.4, -0.2) is 9.97 Å². The van der Waals surface area contributed by atoms with Crippen LogP contribution in [0.25, 0.3) is 21.8 Å². The summed E-state index contributed by atoms with van der Waals surface area (Å²) < 4.78 is 13.7. The highest BCUT2D eigenvalue weighted by Crippen LogP contribution is 2.29. The van der Waals surface area contributed by atoms with Crippen molar-refractivity contribution in [2.45, 2.75) is 6.92 Å². The monoisotopic (exact) mass is 215 g/mol. The lowest BCUT2D eigenvalue weighted by Crippen LogP contribution is -1.92. The van der Waals surface area contributed by atoms with Gasteiger partial charge in [-0.2, -0.15) is 0 Å². The maximum atomic E-state index is 13.7. The lowest BCUT2D eigenvalue weighted by molar-refractivity contribution is 0.640. The predicted molar refractivity (Wildman–Crippen MR) is 62.7 cm³/mol. The normalized spacial score (nSPS) is 11.4. The molecule has 0 aliphatic rings. The van der Waals surface area contributed by atoms with Crippen molar-refractivity contribution < 1.29 is 4.39 Å². The number of nitrogens with one attached hydrogen (secondary N) is 1. The SMILES string of the molecule is Cc1nc(N)cc2c1[nH]c1cccc(F)c12. The van der Waals surface area contributed by atoms with Crippen LogP contribution in [0.3, 0.4) is 0 Å². The number of benzene rings is 1. The fraction of sp³-hybridized carbons (Fsp3) is 0.0833. The van der Waals surface area contributed by atoms with Gasteiger partial charge in [0, 0.05) is 16.3 Å². The molecule has 3 N–H and O–H groups in total. The molecule has 3 rings (SSSR count). The summed E-state index contributed by atoms with van der Waals surface area (Å²) in [4.78, 5) is 7.31. The summed E-state index contributed by atoms with van der Waals surface area (Å²) in [6.07, 6.45) is 0. The van der Waals surface area contributed by atoms with E-state index in [0.29, 0.717) is 11.2 Å². The molecular formula is C12H10FN3. The van der Waals surface area contributed by atoms with Gasteiger partial charge >= 0.3 is 0 Å². The molecule has 2 heterocycles. The quantitative estimate of drug-likeness (QED) is 0.605. The number of rotatable bonds is 0. The summed E-state index contributed by atoms with van der Waals surface area (Å²) in [6, 6.07) is 6.67. The van der Waals surface area contributed by atoms with Gasteiger partial charge in [0.25, 0.3) is 0 Å². The number of fused-ring (bicyclic) bond motifs is 3. The second kappa shape index (κ2) is 2.95. The molecule has 0 amide bonds. The van der Waals surface area contributed by atoms with Gasteiger partial charge in [-0.15, -0.1) is 0 Å². The van der Waals surface area contributed by atoms with E-state index >= 15 is 0 Å². The Morgan fingerprint density at radius 1 is 1.38 bits per heavy atom. The molecular weight excluding hydrogens is 205 g/mol. The summed E-state index contributed by atoms with van der Waals surface area (Å²) >= 11 is 0. The van der Waals surface area contributed by atoms with Crippen LogP contribution in [0.5, 0.6) is 0 Å². The third kappa shape index (κ3) is 1.10. The number of nitrogens with zero attached hydrogens (tertiary/aromatic N) is 1. The molecule has 1 aromatic carbocycles. The van der Waals surface area contributed by atoms with E-state index in [1.165, 1.54) is 6.07 Å². The number of anilines is 1. The van der Waals surface area contributed by atoms with E-state index in [1.807, 2.05) is 13.0 Å². The molecule has 80 valence electrons. The minimum Gasteiger partial charge on any atom is -0.384 e. The summed E-state index contributed by atoms with van der Waals surface area (Å²) in [5.74, 6) is 0.169.